The lowest BCUT2D eigenvalue weighted by Crippen LogP contribution is -2.70. The summed E-state index contributed by atoms with van der Waals surface area (Å²) in [6.07, 6.45) is 2.16. The Morgan fingerprint density at radius 1 is 0.704 bits per heavy atom. The molecule has 0 amide bonds. The van der Waals surface area contributed by atoms with E-state index in [2.05, 4.69) is 50.0 Å². The van der Waals surface area contributed by atoms with Crippen LogP contribution in [0.4, 0.5) is 8.78 Å². The van der Waals surface area contributed by atoms with E-state index in [0.717, 1.165) is 10.8 Å². The standard InChI is InChI=1S/C23H22F2Si2/c1-26(2,3)23-15-17-14-20(24)21(25)16-22(17)27(23,18-10-6-4-7-11-18)19-12-8-5-9-13-19/h4-16H,1-3H3. The van der Waals surface area contributed by atoms with E-state index in [1.807, 2.05) is 36.4 Å². The first kappa shape index (κ1) is 18.1. The summed E-state index contributed by atoms with van der Waals surface area (Å²) in [5.74, 6) is -1.53. The van der Waals surface area contributed by atoms with E-state index in [1.165, 1.54) is 27.3 Å². The van der Waals surface area contributed by atoms with Gasteiger partial charge in [-0.2, -0.15) is 0 Å². The molecule has 1 aliphatic heterocycles. The predicted octanol–water partition coefficient (Wildman–Crippen LogP) is 4.25. The second kappa shape index (κ2) is 6.39. The minimum Gasteiger partial charge on any atom is -0.204 e. The van der Waals surface area contributed by atoms with Crippen LogP contribution in [0.2, 0.25) is 19.6 Å². The van der Waals surface area contributed by atoms with E-state index in [9.17, 15) is 8.78 Å². The third kappa shape index (κ3) is 2.75. The van der Waals surface area contributed by atoms with Gasteiger partial charge in [-0.3, -0.25) is 0 Å². The maximum absolute atomic E-state index is 14.4. The molecule has 0 aromatic heterocycles. The van der Waals surface area contributed by atoms with Gasteiger partial charge in [-0.05, 0) is 33.3 Å². The summed E-state index contributed by atoms with van der Waals surface area (Å²) < 4.78 is 28.5. The topological polar surface area (TPSA) is 0 Å². The van der Waals surface area contributed by atoms with E-state index in [0.29, 0.717) is 0 Å². The fourth-order valence-electron chi connectivity index (χ4n) is 4.36. The van der Waals surface area contributed by atoms with Crippen molar-refractivity contribution in [1.82, 2.24) is 0 Å². The molecule has 0 bridgehead atoms. The van der Waals surface area contributed by atoms with Crippen molar-refractivity contribution in [3.8, 4) is 0 Å². The third-order valence-corrected chi connectivity index (χ3v) is 15.1. The van der Waals surface area contributed by atoms with Crippen molar-refractivity contribution in [1.29, 1.82) is 0 Å². The largest absolute Gasteiger partial charge is 0.204 e. The molecule has 0 unspecified atom stereocenters. The first-order valence-corrected chi connectivity index (χ1v) is 14.7. The second-order valence-electron chi connectivity index (χ2n) is 8.14. The molecule has 3 aromatic carbocycles. The Hall–Kier alpha value is -2.31. The summed E-state index contributed by atoms with van der Waals surface area (Å²) in [7, 11) is -4.39. The number of hydrogen-bond acceptors (Lipinski definition) is 0. The number of halogens is 2. The highest BCUT2D eigenvalue weighted by Crippen LogP contribution is 2.34. The van der Waals surface area contributed by atoms with Crippen LogP contribution in [-0.2, 0) is 0 Å². The molecule has 27 heavy (non-hydrogen) atoms. The smallest absolute Gasteiger partial charge is 0.172 e. The number of benzene rings is 3. The Morgan fingerprint density at radius 3 is 1.67 bits per heavy atom. The Kier molecular flexibility index (Phi) is 4.28. The molecule has 4 rings (SSSR count). The molecule has 136 valence electrons. The monoisotopic (exact) mass is 392 g/mol. The fraction of sp³-hybridized carbons (Fsp3) is 0.130. The first-order chi connectivity index (χ1) is 12.8. The van der Waals surface area contributed by atoms with Crippen LogP contribution in [0, 0.1) is 11.6 Å². The predicted molar refractivity (Wildman–Crippen MR) is 115 cm³/mol. The lowest BCUT2D eigenvalue weighted by Gasteiger charge is -2.38. The second-order valence-corrected chi connectivity index (χ2v) is 17.4. The zero-order valence-corrected chi connectivity index (χ0v) is 17.8. The average molecular weight is 393 g/mol. The molecule has 0 atom stereocenters. The minimum atomic E-state index is -2.61. The SMILES string of the molecule is C[Si](C)(C)C1=Cc2cc(F)c(F)cc2[Si]1(c1ccccc1)c1ccccc1. The third-order valence-electron chi connectivity index (χ3n) is 5.42. The lowest BCUT2D eigenvalue weighted by molar-refractivity contribution is 0.509. The molecule has 1 heterocycles. The van der Waals surface area contributed by atoms with Crippen molar-refractivity contribution >= 4 is 37.8 Å². The molecular weight excluding hydrogens is 370 g/mol. The van der Waals surface area contributed by atoms with Crippen molar-refractivity contribution < 1.29 is 8.78 Å². The Morgan fingerprint density at radius 2 is 1.19 bits per heavy atom. The van der Waals surface area contributed by atoms with Gasteiger partial charge in [0.15, 0.2) is 19.7 Å². The molecule has 3 aromatic rings. The van der Waals surface area contributed by atoms with Crippen LogP contribution in [0.1, 0.15) is 5.56 Å². The van der Waals surface area contributed by atoms with Gasteiger partial charge in [0.2, 0.25) is 0 Å². The van der Waals surface area contributed by atoms with Gasteiger partial charge in [-0.1, -0.05) is 91.2 Å². The fourth-order valence-corrected chi connectivity index (χ4v) is 15.3. The van der Waals surface area contributed by atoms with E-state index in [4.69, 9.17) is 0 Å². The summed E-state index contributed by atoms with van der Waals surface area (Å²) in [4.78, 5) is 1.41. The number of fused-ring (bicyclic) bond motifs is 1. The normalized spacial score (nSPS) is 15.4. The van der Waals surface area contributed by atoms with Gasteiger partial charge in [-0.25, -0.2) is 8.78 Å². The van der Waals surface area contributed by atoms with Crippen molar-refractivity contribution in [2.75, 3.05) is 0 Å². The summed E-state index contributed by atoms with van der Waals surface area (Å²) in [5, 5.41) is 3.43. The average Bonchev–Trinajstić information content (AvgIpc) is 2.99. The first-order valence-electron chi connectivity index (χ1n) is 9.18. The highest BCUT2D eigenvalue weighted by Gasteiger charge is 2.51. The maximum Gasteiger partial charge on any atom is 0.172 e. The zero-order chi connectivity index (χ0) is 19.2. The quantitative estimate of drug-likeness (QED) is 0.585. The van der Waals surface area contributed by atoms with Gasteiger partial charge in [0.1, 0.15) is 0 Å². The van der Waals surface area contributed by atoms with Crippen molar-refractivity contribution in [2.45, 2.75) is 19.6 Å². The maximum atomic E-state index is 14.4. The van der Waals surface area contributed by atoms with Crippen LogP contribution in [0.3, 0.4) is 0 Å². The molecule has 0 fully saturated rings. The van der Waals surface area contributed by atoms with Gasteiger partial charge in [0, 0.05) is 0 Å². The van der Waals surface area contributed by atoms with Gasteiger partial charge >= 0.3 is 0 Å². The van der Waals surface area contributed by atoms with Crippen molar-refractivity contribution in [3.63, 3.8) is 0 Å². The molecule has 0 saturated carbocycles. The Bertz CT molecular complexity index is 980. The minimum absolute atomic E-state index is 0.761. The van der Waals surface area contributed by atoms with Crippen LogP contribution >= 0.6 is 0 Å². The lowest BCUT2D eigenvalue weighted by atomic mass is 10.2. The van der Waals surface area contributed by atoms with Gasteiger partial charge in [-0.15, -0.1) is 0 Å². The van der Waals surface area contributed by atoms with Crippen molar-refractivity contribution in [3.05, 3.63) is 94.8 Å². The zero-order valence-electron chi connectivity index (χ0n) is 15.8. The van der Waals surface area contributed by atoms with Gasteiger partial charge in [0.25, 0.3) is 0 Å². The molecule has 4 heteroatoms. The van der Waals surface area contributed by atoms with Crippen LogP contribution < -0.4 is 15.6 Å². The van der Waals surface area contributed by atoms with E-state index in [1.54, 1.807) is 0 Å². The molecule has 0 spiro atoms. The molecule has 0 radical (unpaired) electrons. The summed E-state index contributed by atoms with van der Waals surface area (Å²) >= 11 is 0. The van der Waals surface area contributed by atoms with E-state index < -0.39 is 27.8 Å². The van der Waals surface area contributed by atoms with Gasteiger partial charge in [0.05, 0.1) is 8.07 Å². The van der Waals surface area contributed by atoms with Crippen LogP contribution in [0.25, 0.3) is 6.08 Å². The van der Waals surface area contributed by atoms with Crippen LogP contribution in [0.15, 0.2) is 77.6 Å². The molecule has 0 saturated heterocycles. The highest BCUT2D eigenvalue weighted by atomic mass is 28.4. The van der Waals surface area contributed by atoms with Crippen molar-refractivity contribution in [2.24, 2.45) is 0 Å². The highest BCUT2D eigenvalue weighted by molar-refractivity contribution is 7.26. The van der Waals surface area contributed by atoms with E-state index in [-0.39, 0.29) is 0 Å². The molecular formula is C23H22F2Si2. The molecule has 0 aliphatic carbocycles. The molecule has 0 nitrogen and oxygen atoms in total. The number of hydrogen-bond donors (Lipinski definition) is 0. The van der Waals surface area contributed by atoms with Gasteiger partial charge < -0.3 is 0 Å². The van der Waals surface area contributed by atoms with Crippen LogP contribution in [-0.4, -0.2) is 16.1 Å². The van der Waals surface area contributed by atoms with E-state index >= 15 is 0 Å². The molecule has 1 aliphatic rings. The summed E-state index contributed by atoms with van der Waals surface area (Å²) in [6, 6.07) is 23.7. The van der Waals surface area contributed by atoms with Crippen LogP contribution in [0.5, 0.6) is 0 Å². The summed E-state index contributed by atoms with van der Waals surface area (Å²) in [6.45, 7) is 6.97. The number of rotatable bonds is 3. The molecule has 0 N–H and O–H groups in total. The Balaban J connectivity index is 2.17. The Labute approximate surface area is 161 Å². The summed E-state index contributed by atoms with van der Waals surface area (Å²) in [5.41, 5.74) is 0.839.